The monoisotopic (exact) mass is 252 g/mol. The molecule has 0 aliphatic heterocycles. The molecule has 102 valence electrons. The van der Waals surface area contributed by atoms with Crippen LogP contribution in [0.25, 0.3) is 0 Å². The van der Waals surface area contributed by atoms with E-state index in [1.807, 2.05) is 6.92 Å². The maximum Gasteiger partial charge on any atom is 0.126 e. The minimum atomic E-state index is -0.273. The van der Waals surface area contributed by atoms with Crippen molar-refractivity contribution in [1.82, 2.24) is 0 Å². The molecule has 1 nitrogen and oxygen atoms in total. The summed E-state index contributed by atoms with van der Waals surface area (Å²) in [7, 11) is 0. The van der Waals surface area contributed by atoms with Crippen molar-refractivity contribution in [3.05, 3.63) is 28.8 Å². The zero-order chi connectivity index (χ0) is 13.8. The first-order chi connectivity index (χ1) is 8.40. The van der Waals surface area contributed by atoms with Crippen molar-refractivity contribution in [3.8, 4) is 5.75 Å². The topological polar surface area (TPSA) is 9.23 Å². The fourth-order valence-corrected chi connectivity index (χ4v) is 2.16. The van der Waals surface area contributed by atoms with E-state index < -0.39 is 0 Å². The second-order valence-corrected chi connectivity index (χ2v) is 5.78. The number of hydrogen-bond donors (Lipinski definition) is 0. The lowest BCUT2D eigenvalue weighted by molar-refractivity contribution is 0.325. The molecule has 1 rings (SSSR count). The van der Waals surface area contributed by atoms with Crippen molar-refractivity contribution in [2.24, 2.45) is 0 Å². The molecule has 0 amide bonds. The fraction of sp³-hybridized carbons (Fsp3) is 0.625. The normalized spacial score (nSPS) is 11.7. The third kappa shape index (κ3) is 3.72. The van der Waals surface area contributed by atoms with E-state index in [1.165, 1.54) is 11.1 Å². The minimum Gasteiger partial charge on any atom is -0.493 e. The van der Waals surface area contributed by atoms with Gasteiger partial charge >= 0.3 is 0 Å². The average molecular weight is 252 g/mol. The van der Waals surface area contributed by atoms with Gasteiger partial charge in [-0.2, -0.15) is 0 Å². The van der Waals surface area contributed by atoms with E-state index >= 15 is 0 Å². The Kier molecular flexibility index (Phi) is 5.18. The van der Waals surface area contributed by atoms with Crippen LogP contribution in [-0.4, -0.2) is 13.3 Å². The second kappa shape index (κ2) is 6.21. The molecule has 0 radical (unpaired) electrons. The highest BCUT2D eigenvalue weighted by atomic mass is 19.1. The van der Waals surface area contributed by atoms with Crippen LogP contribution in [0.15, 0.2) is 12.1 Å². The van der Waals surface area contributed by atoms with Gasteiger partial charge in [-0.1, -0.05) is 38.5 Å². The molecule has 0 atom stereocenters. The van der Waals surface area contributed by atoms with Gasteiger partial charge in [0, 0.05) is 5.56 Å². The van der Waals surface area contributed by atoms with E-state index in [1.54, 1.807) is 0 Å². The zero-order valence-electron chi connectivity index (χ0n) is 12.3. The smallest absolute Gasteiger partial charge is 0.126 e. The molecule has 0 aromatic heterocycles. The van der Waals surface area contributed by atoms with Gasteiger partial charge in [-0.15, -0.1) is 0 Å². The van der Waals surface area contributed by atoms with Crippen molar-refractivity contribution in [2.75, 3.05) is 13.3 Å². The number of rotatable bonds is 5. The van der Waals surface area contributed by atoms with Crippen LogP contribution in [0.4, 0.5) is 4.39 Å². The van der Waals surface area contributed by atoms with Crippen LogP contribution in [0.3, 0.4) is 0 Å². The summed E-state index contributed by atoms with van der Waals surface area (Å²) < 4.78 is 18.2. The van der Waals surface area contributed by atoms with E-state index in [9.17, 15) is 4.39 Å². The maximum atomic E-state index is 12.4. The number of ether oxygens (including phenoxy) is 1. The SMILES string of the molecule is CCOc1c(CCCF)cc(C)cc1C(C)(C)C. The molecule has 0 unspecified atom stereocenters. The Balaban J connectivity index is 3.26. The van der Waals surface area contributed by atoms with Gasteiger partial charge in [0.1, 0.15) is 5.75 Å². The molecule has 0 saturated heterocycles. The van der Waals surface area contributed by atoms with E-state index in [4.69, 9.17) is 4.74 Å². The molecule has 1 aromatic carbocycles. The van der Waals surface area contributed by atoms with E-state index in [0.29, 0.717) is 13.0 Å². The standard InChI is InChI=1S/C16H25FO/c1-6-18-15-13(8-7-9-17)10-12(2)11-14(15)16(3,4)5/h10-11H,6-9H2,1-5H3. The molecular formula is C16H25FO. The quantitative estimate of drug-likeness (QED) is 0.744. The lowest BCUT2D eigenvalue weighted by Crippen LogP contribution is -2.15. The summed E-state index contributed by atoms with van der Waals surface area (Å²) in [4.78, 5) is 0. The van der Waals surface area contributed by atoms with Crippen molar-refractivity contribution in [3.63, 3.8) is 0 Å². The summed E-state index contributed by atoms with van der Waals surface area (Å²) in [5.74, 6) is 0.962. The van der Waals surface area contributed by atoms with Crippen LogP contribution >= 0.6 is 0 Å². The molecule has 18 heavy (non-hydrogen) atoms. The first kappa shape index (κ1) is 15.0. The molecule has 0 aliphatic rings. The molecule has 0 bridgehead atoms. The molecule has 0 fully saturated rings. The average Bonchev–Trinajstić information content (AvgIpc) is 2.27. The van der Waals surface area contributed by atoms with Crippen LogP contribution in [0.2, 0.25) is 0 Å². The highest BCUT2D eigenvalue weighted by Gasteiger charge is 2.21. The predicted octanol–water partition coefficient (Wildman–Crippen LogP) is 4.59. The van der Waals surface area contributed by atoms with Gasteiger partial charge in [-0.25, -0.2) is 0 Å². The minimum absolute atomic E-state index is 0.0426. The summed E-state index contributed by atoms with van der Waals surface area (Å²) in [5.41, 5.74) is 3.62. The van der Waals surface area contributed by atoms with Crippen LogP contribution < -0.4 is 4.74 Å². The number of halogens is 1. The van der Waals surface area contributed by atoms with E-state index in [2.05, 4.69) is 39.8 Å². The Hall–Kier alpha value is -1.05. The van der Waals surface area contributed by atoms with Gasteiger partial charge in [0.05, 0.1) is 13.3 Å². The van der Waals surface area contributed by atoms with Gasteiger partial charge in [-0.3, -0.25) is 4.39 Å². The Morgan fingerprint density at radius 1 is 1.22 bits per heavy atom. The summed E-state index contributed by atoms with van der Waals surface area (Å²) in [6, 6.07) is 4.31. The maximum absolute atomic E-state index is 12.4. The van der Waals surface area contributed by atoms with Gasteiger partial charge in [-0.05, 0) is 37.7 Å². The van der Waals surface area contributed by atoms with Gasteiger partial charge < -0.3 is 4.74 Å². The molecule has 0 heterocycles. The fourth-order valence-electron chi connectivity index (χ4n) is 2.16. The van der Waals surface area contributed by atoms with Gasteiger partial charge in [0.25, 0.3) is 0 Å². The van der Waals surface area contributed by atoms with Crippen molar-refractivity contribution >= 4 is 0 Å². The molecule has 0 N–H and O–H groups in total. The Morgan fingerprint density at radius 2 is 1.89 bits per heavy atom. The number of aryl methyl sites for hydroxylation is 2. The predicted molar refractivity (Wildman–Crippen MR) is 75.3 cm³/mol. The van der Waals surface area contributed by atoms with Crippen LogP contribution in [0.1, 0.15) is 50.8 Å². The van der Waals surface area contributed by atoms with Crippen LogP contribution in [-0.2, 0) is 11.8 Å². The Morgan fingerprint density at radius 3 is 2.39 bits per heavy atom. The number of benzene rings is 1. The highest BCUT2D eigenvalue weighted by molar-refractivity contribution is 5.48. The van der Waals surface area contributed by atoms with E-state index in [0.717, 1.165) is 17.7 Å². The van der Waals surface area contributed by atoms with Gasteiger partial charge in [0.15, 0.2) is 0 Å². The summed E-state index contributed by atoms with van der Waals surface area (Å²) in [6.45, 7) is 11.0. The summed E-state index contributed by atoms with van der Waals surface area (Å²) in [6.07, 6.45) is 1.31. The Labute approximate surface area is 110 Å². The first-order valence-corrected chi connectivity index (χ1v) is 6.73. The highest BCUT2D eigenvalue weighted by Crippen LogP contribution is 2.36. The van der Waals surface area contributed by atoms with E-state index in [-0.39, 0.29) is 12.1 Å². The van der Waals surface area contributed by atoms with Crippen LogP contribution in [0.5, 0.6) is 5.75 Å². The molecule has 0 aliphatic carbocycles. The number of alkyl halides is 1. The third-order valence-electron chi connectivity index (χ3n) is 2.99. The van der Waals surface area contributed by atoms with Crippen LogP contribution in [0, 0.1) is 6.92 Å². The molecule has 2 heteroatoms. The largest absolute Gasteiger partial charge is 0.493 e. The molecule has 0 spiro atoms. The lowest BCUT2D eigenvalue weighted by atomic mass is 9.83. The third-order valence-corrected chi connectivity index (χ3v) is 2.99. The zero-order valence-corrected chi connectivity index (χ0v) is 12.3. The van der Waals surface area contributed by atoms with Crippen molar-refractivity contribution < 1.29 is 9.13 Å². The molecule has 1 aromatic rings. The van der Waals surface area contributed by atoms with Gasteiger partial charge in [0.2, 0.25) is 0 Å². The molecular weight excluding hydrogens is 227 g/mol. The van der Waals surface area contributed by atoms with Crippen molar-refractivity contribution in [1.29, 1.82) is 0 Å². The summed E-state index contributed by atoms with van der Waals surface area (Å²) >= 11 is 0. The number of hydrogen-bond acceptors (Lipinski definition) is 1. The Bertz CT molecular complexity index is 391. The second-order valence-electron chi connectivity index (χ2n) is 5.78. The molecule has 0 saturated carbocycles. The van der Waals surface area contributed by atoms with Crippen molar-refractivity contribution in [2.45, 2.75) is 52.9 Å². The first-order valence-electron chi connectivity index (χ1n) is 6.73. The summed E-state index contributed by atoms with van der Waals surface area (Å²) in [5, 5.41) is 0. The lowest BCUT2D eigenvalue weighted by Gasteiger charge is -2.25.